The maximum Gasteiger partial charge on any atom is 0.534 e. The van der Waals surface area contributed by atoms with Crippen LogP contribution in [-0.4, -0.2) is 31.7 Å². The maximum atomic E-state index is 12.3. The van der Waals surface area contributed by atoms with Crippen LogP contribution in [0.4, 0.5) is 13.2 Å². The van der Waals surface area contributed by atoms with Crippen LogP contribution in [0, 0.1) is 0 Å². The van der Waals surface area contributed by atoms with Crippen LogP contribution < -0.4 is 8.92 Å². The molecule has 1 aliphatic heterocycles. The molecule has 0 atom stereocenters. The number of H-pyrrole nitrogens is 1. The predicted molar refractivity (Wildman–Crippen MR) is 77.8 cm³/mol. The van der Waals surface area contributed by atoms with Gasteiger partial charge in [-0.2, -0.15) is 21.6 Å². The monoisotopic (exact) mass is 350 g/mol. The van der Waals surface area contributed by atoms with Gasteiger partial charge in [-0.25, -0.2) is 0 Å². The summed E-state index contributed by atoms with van der Waals surface area (Å²) in [5, 5.41) is 0. The van der Waals surface area contributed by atoms with E-state index in [4.69, 9.17) is 4.74 Å². The average molecular weight is 350 g/mol. The number of aliphatic imine (C=N–C) groups is 1. The molecule has 0 unspecified atom stereocenters. The highest BCUT2D eigenvalue weighted by molar-refractivity contribution is 7.87. The number of allylic oxidation sites excluding steroid dienone is 2. The molecule has 0 radical (unpaired) electrons. The number of aromatic amines is 1. The molecule has 0 spiro atoms. The Morgan fingerprint density at radius 3 is 2.43 bits per heavy atom. The molecule has 0 saturated carbocycles. The predicted octanol–water partition coefficient (Wildman–Crippen LogP) is 3.01. The fraction of sp³-hybridized carbons (Fsp3) is 0.308. The van der Waals surface area contributed by atoms with Crippen molar-refractivity contribution in [2.75, 3.05) is 7.11 Å². The van der Waals surface area contributed by atoms with Gasteiger partial charge >= 0.3 is 15.6 Å². The van der Waals surface area contributed by atoms with Gasteiger partial charge in [0.15, 0.2) is 0 Å². The van der Waals surface area contributed by atoms with Crippen LogP contribution in [0.2, 0.25) is 0 Å². The van der Waals surface area contributed by atoms with E-state index in [2.05, 4.69) is 14.2 Å². The van der Waals surface area contributed by atoms with Crippen molar-refractivity contribution in [1.82, 2.24) is 4.98 Å². The van der Waals surface area contributed by atoms with Crippen molar-refractivity contribution in [3.8, 4) is 11.6 Å². The SMILES string of the molecule is COc1cc(OS(=O)(=O)C(F)(F)F)[nH]c1C=C1N=C(C)C=C1C. The molecule has 0 bridgehead atoms. The number of methoxy groups -OCH3 is 1. The van der Waals surface area contributed by atoms with Gasteiger partial charge in [-0.3, -0.25) is 4.99 Å². The Morgan fingerprint density at radius 2 is 1.96 bits per heavy atom. The molecular weight excluding hydrogens is 337 g/mol. The third kappa shape index (κ3) is 3.58. The highest BCUT2D eigenvalue weighted by Crippen LogP contribution is 2.32. The summed E-state index contributed by atoms with van der Waals surface area (Å²) in [4.78, 5) is 6.66. The molecule has 10 heteroatoms. The number of hydrogen-bond donors (Lipinski definition) is 1. The standard InChI is InChI=1S/C13H13F3N2O4S/c1-7-4-8(2)17-9(7)5-10-11(21-3)6-12(18-10)22-23(19,20)13(14,15)16/h4-6,18H,1-3H3. The lowest BCUT2D eigenvalue weighted by molar-refractivity contribution is -0.0501. The number of halogens is 3. The molecule has 2 rings (SSSR count). The van der Waals surface area contributed by atoms with E-state index < -0.39 is 21.5 Å². The number of nitrogens with one attached hydrogen (secondary N) is 1. The van der Waals surface area contributed by atoms with Gasteiger partial charge in [0.1, 0.15) is 5.75 Å². The van der Waals surface area contributed by atoms with E-state index in [1.165, 1.54) is 13.2 Å². The summed E-state index contributed by atoms with van der Waals surface area (Å²) in [7, 11) is -4.46. The summed E-state index contributed by atoms with van der Waals surface area (Å²) in [6.07, 6.45) is 3.35. The number of rotatable bonds is 4. The molecule has 0 fully saturated rings. The Balaban J connectivity index is 2.37. The van der Waals surface area contributed by atoms with Crippen molar-refractivity contribution in [2.45, 2.75) is 19.4 Å². The zero-order chi connectivity index (χ0) is 17.4. The zero-order valence-electron chi connectivity index (χ0n) is 12.4. The van der Waals surface area contributed by atoms with Crippen molar-refractivity contribution in [1.29, 1.82) is 0 Å². The van der Waals surface area contributed by atoms with Gasteiger partial charge in [-0.15, -0.1) is 0 Å². The summed E-state index contributed by atoms with van der Waals surface area (Å²) in [5.74, 6) is -0.483. The lowest BCUT2D eigenvalue weighted by Gasteiger charge is -2.07. The fourth-order valence-corrected chi connectivity index (χ4v) is 2.31. The minimum Gasteiger partial charge on any atom is -0.494 e. The number of ether oxygens (including phenoxy) is 1. The quantitative estimate of drug-likeness (QED) is 0.669. The van der Waals surface area contributed by atoms with Gasteiger partial charge in [0.25, 0.3) is 0 Å². The smallest absolute Gasteiger partial charge is 0.494 e. The second kappa shape index (κ2) is 5.76. The third-order valence-electron chi connectivity index (χ3n) is 2.90. The number of aromatic nitrogens is 1. The Hall–Kier alpha value is -2.23. The van der Waals surface area contributed by atoms with E-state index >= 15 is 0 Å². The van der Waals surface area contributed by atoms with Crippen molar-refractivity contribution < 1.29 is 30.5 Å². The van der Waals surface area contributed by atoms with Crippen LogP contribution in [0.25, 0.3) is 6.08 Å². The van der Waals surface area contributed by atoms with E-state index in [1.807, 2.05) is 13.0 Å². The minimum atomic E-state index is -5.76. The molecule has 0 aliphatic carbocycles. The van der Waals surface area contributed by atoms with Crippen LogP contribution in [0.5, 0.6) is 11.6 Å². The van der Waals surface area contributed by atoms with E-state index in [0.29, 0.717) is 5.70 Å². The van der Waals surface area contributed by atoms with Crippen molar-refractivity contribution >= 4 is 21.9 Å². The van der Waals surface area contributed by atoms with Gasteiger partial charge < -0.3 is 13.9 Å². The Morgan fingerprint density at radius 1 is 1.30 bits per heavy atom. The molecule has 2 heterocycles. The van der Waals surface area contributed by atoms with Crippen molar-refractivity contribution in [2.24, 2.45) is 4.99 Å². The molecule has 1 N–H and O–H groups in total. The Kier molecular flexibility index (Phi) is 4.29. The first-order chi connectivity index (χ1) is 10.5. The summed E-state index contributed by atoms with van der Waals surface area (Å²) >= 11 is 0. The second-order valence-electron chi connectivity index (χ2n) is 4.71. The van der Waals surface area contributed by atoms with Crippen LogP contribution in [-0.2, 0) is 10.1 Å². The largest absolute Gasteiger partial charge is 0.534 e. The Bertz CT molecular complexity index is 817. The normalized spacial score (nSPS) is 17.2. The van der Waals surface area contributed by atoms with Gasteiger partial charge in [0.2, 0.25) is 5.88 Å². The first kappa shape index (κ1) is 17.1. The summed E-state index contributed by atoms with van der Waals surface area (Å²) < 4.78 is 68.1. The second-order valence-corrected chi connectivity index (χ2v) is 6.25. The summed E-state index contributed by atoms with van der Waals surface area (Å²) in [6.45, 7) is 3.60. The molecule has 0 aromatic carbocycles. The lowest BCUT2D eigenvalue weighted by atomic mass is 10.2. The van der Waals surface area contributed by atoms with Crippen molar-refractivity contribution in [3.05, 3.63) is 29.1 Å². The Labute approximate surface area is 130 Å². The molecule has 1 aliphatic rings. The average Bonchev–Trinajstić information content (AvgIpc) is 2.91. The molecule has 0 amide bonds. The highest BCUT2D eigenvalue weighted by atomic mass is 32.2. The van der Waals surface area contributed by atoms with E-state index in [1.54, 1.807) is 6.92 Å². The van der Waals surface area contributed by atoms with E-state index in [0.717, 1.165) is 17.4 Å². The highest BCUT2D eigenvalue weighted by Gasteiger charge is 2.48. The van der Waals surface area contributed by atoms with Crippen LogP contribution in [0.1, 0.15) is 19.5 Å². The molecule has 1 aromatic rings. The molecule has 6 nitrogen and oxygen atoms in total. The van der Waals surface area contributed by atoms with Crippen LogP contribution in [0.15, 0.2) is 28.4 Å². The molecule has 23 heavy (non-hydrogen) atoms. The van der Waals surface area contributed by atoms with Gasteiger partial charge in [0.05, 0.1) is 18.5 Å². The fourth-order valence-electron chi connectivity index (χ4n) is 1.89. The molecule has 126 valence electrons. The molecular formula is C13H13F3N2O4S. The minimum absolute atomic E-state index is 0.123. The molecule has 0 saturated heterocycles. The van der Waals surface area contributed by atoms with Crippen LogP contribution in [0.3, 0.4) is 0 Å². The van der Waals surface area contributed by atoms with E-state index in [-0.39, 0.29) is 11.4 Å². The summed E-state index contributed by atoms with van der Waals surface area (Å²) in [5.41, 5.74) is -3.08. The first-order valence-corrected chi connectivity index (χ1v) is 7.68. The van der Waals surface area contributed by atoms with Gasteiger partial charge in [0, 0.05) is 11.8 Å². The topological polar surface area (TPSA) is 80.8 Å². The summed E-state index contributed by atoms with van der Waals surface area (Å²) in [6, 6.07) is 1.01. The molecule has 1 aromatic heterocycles. The maximum absolute atomic E-state index is 12.3. The van der Waals surface area contributed by atoms with Gasteiger partial charge in [-0.05, 0) is 31.6 Å². The zero-order valence-corrected chi connectivity index (χ0v) is 13.2. The van der Waals surface area contributed by atoms with Crippen molar-refractivity contribution in [3.63, 3.8) is 0 Å². The van der Waals surface area contributed by atoms with E-state index in [9.17, 15) is 21.6 Å². The lowest BCUT2D eigenvalue weighted by Crippen LogP contribution is -2.28. The van der Waals surface area contributed by atoms with Gasteiger partial charge in [-0.1, -0.05) is 0 Å². The number of alkyl halides is 3. The number of nitrogens with zero attached hydrogens (tertiary/aromatic N) is 1. The third-order valence-corrected chi connectivity index (χ3v) is 3.86. The van der Waals surface area contributed by atoms with Crippen LogP contribution >= 0.6 is 0 Å². The first-order valence-electron chi connectivity index (χ1n) is 6.27. The number of hydrogen-bond acceptors (Lipinski definition) is 5.